The molecule has 0 unspecified atom stereocenters. The van der Waals surface area contributed by atoms with E-state index in [-0.39, 0.29) is 11.8 Å². The number of hydrogen-bond donors (Lipinski definition) is 2. The zero-order valence-electron chi connectivity index (χ0n) is 13.0. The molecule has 0 saturated carbocycles. The Morgan fingerprint density at radius 3 is 2.57 bits per heavy atom. The Morgan fingerprint density at radius 1 is 1.22 bits per heavy atom. The second-order valence-corrected chi connectivity index (χ2v) is 5.16. The van der Waals surface area contributed by atoms with E-state index in [1.54, 1.807) is 17.0 Å². The Morgan fingerprint density at radius 2 is 1.91 bits per heavy atom. The number of benzene rings is 1. The maximum Gasteiger partial charge on any atom is 0.409 e. The smallest absolute Gasteiger partial charge is 0.409 e. The van der Waals surface area contributed by atoms with Gasteiger partial charge in [0.25, 0.3) is 0 Å². The van der Waals surface area contributed by atoms with Crippen LogP contribution in [0.2, 0.25) is 0 Å². The first-order chi connectivity index (χ1) is 11.1. The summed E-state index contributed by atoms with van der Waals surface area (Å²) in [6.07, 6.45) is -0.313. The van der Waals surface area contributed by atoms with Crippen molar-refractivity contribution in [1.82, 2.24) is 15.1 Å². The van der Waals surface area contributed by atoms with Gasteiger partial charge in [0.05, 0.1) is 12.8 Å². The van der Waals surface area contributed by atoms with Gasteiger partial charge < -0.3 is 20.3 Å². The fourth-order valence-corrected chi connectivity index (χ4v) is 2.34. The maximum absolute atomic E-state index is 13.4. The second-order valence-electron chi connectivity index (χ2n) is 5.16. The molecule has 126 valence electrons. The Bertz CT molecular complexity index is 547. The largest absolute Gasteiger partial charge is 0.453 e. The van der Waals surface area contributed by atoms with Gasteiger partial charge >= 0.3 is 12.1 Å². The first kappa shape index (κ1) is 17.0. The quantitative estimate of drug-likeness (QED) is 0.876. The standard InChI is InChI=1S/C15H21FN4O3/c1-23-15(22)20-10-8-19(9-11-20)7-6-17-14(21)18-13-5-3-2-4-12(13)16/h2-5H,6-11H2,1H3,(H2,17,18,21). The van der Waals surface area contributed by atoms with Gasteiger partial charge in [-0.2, -0.15) is 0 Å². The summed E-state index contributed by atoms with van der Waals surface area (Å²) < 4.78 is 18.1. The van der Waals surface area contributed by atoms with Gasteiger partial charge in [0.1, 0.15) is 5.82 Å². The maximum atomic E-state index is 13.4. The van der Waals surface area contributed by atoms with Gasteiger partial charge in [0.2, 0.25) is 0 Å². The molecule has 0 aromatic heterocycles. The topological polar surface area (TPSA) is 73.9 Å². The van der Waals surface area contributed by atoms with E-state index in [4.69, 9.17) is 0 Å². The zero-order valence-corrected chi connectivity index (χ0v) is 13.0. The predicted molar refractivity (Wildman–Crippen MR) is 83.8 cm³/mol. The van der Waals surface area contributed by atoms with Gasteiger partial charge in [-0.15, -0.1) is 0 Å². The number of halogens is 1. The number of methoxy groups -OCH3 is 1. The van der Waals surface area contributed by atoms with Crippen LogP contribution in [0.3, 0.4) is 0 Å². The summed E-state index contributed by atoms with van der Waals surface area (Å²) in [5.41, 5.74) is 0.150. The van der Waals surface area contributed by atoms with Crippen molar-refractivity contribution in [1.29, 1.82) is 0 Å². The number of para-hydroxylation sites is 1. The molecule has 23 heavy (non-hydrogen) atoms. The predicted octanol–water partition coefficient (Wildman–Crippen LogP) is 1.33. The summed E-state index contributed by atoms with van der Waals surface area (Å²) in [5.74, 6) is -0.471. The van der Waals surface area contributed by atoms with E-state index in [1.807, 2.05) is 0 Å². The average molecular weight is 324 g/mol. The molecule has 3 amide bonds. The molecule has 1 aromatic rings. The monoisotopic (exact) mass is 324 g/mol. The van der Waals surface area contributed by atoms with E-state index >= 15 is 0 Å². The first-order valence-corrected chi connectivity index (χ1v) is 7.45. The van der Waals surface area contributed by atoms with E-state index < -0.39 is 11.8 Å². The van der Waals surface area contributed by atoms with Crippen LogP contribution in [0.4, 0.5) is 19.7 Å². The molecule has 1 heterocycles. The Balaban J connectivity index is 1.65. The highest BCUT2D eigenvalue weighted by atomic mass is 19.1. The molecule has 0 atom stereocenters. The van der Waals surface area contributed by atoms with Gasteiger partial charge in [0, 0.05) is 39.3 Å². The number of anilines is 1. The SMILES string of the molecule is COC(=O)N1CCN(CCNC(=O)Nc2ccccc2F)CC1. The molecule has 1 fully saturated rings. The molecular formula is C15H21FN4O3. The van der Waals surface area contributed by atoms with Gasteiger partial charge in [-0.25, -0.2) is 14.0 Å². The van der Waals surface area contributed by atoms with Crippen molar-refractivity contribution in [3.05, 3.63) is 30.1 Å². The lowest BCUT2D eigenvalue weighted by Crippen LogP contribution is -2.50. The summed E-state index contributed by atoms with van der Waals surface area (Å²) in [4.78, 5) is 26.9. The highest BCUT2D eigenvalue weighted by molar-refractivity contribution is 5.89. The number of piperazine rings is 1. The third kappa shape index (κ3) is 5.10. The van der Waals surface area contributed by atoms with Gasteiger partial charge in [-0.3, -0.25) is 4.90 Å². The van der Waals surface area contributed by atoms with E-state index in [2.05, 4.69) is 20.3 Å². The molecule has 0 bridgehead atoms. The van der Waals surface area contributed by atoms with Crippen LogP contribution in [0, 0.1) is 5.82 Å². The van der Waals surface area contributed by atoms with Crippen LogP contribution in [-0.2, 0) is 4.74 Å². The van der Waals surface area contributed by atoms with Crippen LogP contribution < -0.4 is 10.6 Å². The minimum absolute atomic E-state index is 0.150. The number of nitrogens with one attached hydrogen (secondary N) is 2. The molecule has 1 aliphatic rings. The molecule has 2 rings (SSSR count). The molecule has 1 aromatic carbocycles. The van der Waals surface area contributed by atoms with Gasteiger partial charge in [-0.1, -0.05) is 12.1 Å². The number of rotatable bonds is 4. The highest BCUT2D eigenvalue weighted by Gasteiger charge is 2.21. The molecule has 8 heteroatoms. The lowest BCUT2D eigenvalue weighted by atomic mass is 10.3. The fraction of sp³-hybridized carbons (Fsp3) is 0.467. The fourth-order valence-electron chi connectivity index (χ4n) is 2.34. The van der Waals surface area contributed by atoms with Crippen LogP contribution >= 0.6 is 0 Å². The number of carbonyl (C=O) groups excluding carboxylic acids is 2. The van der Waals surface area contributed by atoms with Crippen LogP contribution in [-0.4, -0.2) is 68.3 Å². The third-order valence-electron chi connectivity index (χ3n) is 3.64. The summed E-state index contributed by atoms with van der Waals surface area (Å²) in [6.45, 7) is 3.78. The van der Waals surface area contributed by atoms with E-state index in [0.717, 1.165) is 13.1 Å². The summed E-state index contributed by atoms with van der Waals surface area (Å²) in [5, 5.41) is 5.15. The molecular weight excluding hydrogens is 303 g/mol. The van der Waals surface area contributed by atoms with Crippen LogP contribution in [0.1, 0.15) is 0 Å². The van der Waals surface area contributed by atoms with Crippen molar-refractivity contribution >= 4 is 17.8 Å². The minimum Gasteiger partial charge on any atom is -0.453 e. The number of amides is 3. The summed E-state index contributed by atoms with van der Waals surface area (Å²) in [7, 11) is 1.37. The molecule has 2 N–H and O–H groups in total. The van der Waals surface area contributed by atoms with E-state index in [1.165, 1.54) is 19.2 Å². The van der Waals surface area contributed by atoms with E-state index in [0.29, 0.717) is 26.2 Å². The number of ether oxygens (including phenoxy) is 1. The van der Waals surface area contributed by atoms with Gasteiger partial charge in [-0.05, 0) is 12.1 Å². The summed E-state index contributed by atoms with van der Waals surface area (Å²) >= 11 is 0. The first-order valence-electron chi connectivity index (χ1n) is 7.45. The van der Waals surface area contributed by atoms with Crippen molar-refractivity contribution in [3.8, 4) is 0 Å². The van der Waals surface area contributed by atoms with E-state index in [9.17, 15) is 14.0 Å². The Kier molecular flexibility index (Phi) is 6.16. The van der Waals surface area contributed by atoms with Crippen LogP contribution in [0.5, 0.6) is 0 Å². The minimum atomic E-state index is -0.471. The molecule has 0 aliphatic carbocycles. The Hall–Kier alpha value is -2.35. The zero-order chi connectivity index (χ0) is 16.7. The molecule has 7 nitrogen and oxygen atoms in total. The number of nitrogens with zero attached hydrogens (tertiary/aromatic N) is 2. The van der Waals surface area contributed by atoms with Crippen molar-refractivity contribution in [2.45, 2.75) is 0 Å². The number of hydrogen-bond acceptors (Lipinski definition) is 4. The van der Waals surface area contributed by atoms with Crippen molar-refractivity contribution in [3.63, 3.8) is 0 Å². The molecule has 1 saturated heterocycles. The van der Waals surface area contributed by atoms with Crippen LogP contribution in [0.25, 0.3) is 0 Å². The van der Waals surface area contributed by atoms with Crippen molar-refractivity contribution < 1.29 is 18.7 Å². The normalized spacial score (nSPS) is 15.1. The third-order valence-corrected chi connectivity index (χ3v) is 3.64. The van der Waals surface area contributed by atoms with Gasteiger partial charge in [0.15, 0.2) is 0 Å². The summed E-state index contributed by atoms with van der Waals surface area (Å²) in [6, 6.07) is 5.56. The van der Waals surface area contributed by atoms with Crippen molar-refractivity contribution in [2.75, 3.05) is 51.7 Å². The average Bonchev–Trinajstić information content (AvgIpc) is 2.57. The lowest BCUT2D eigenvalue weighted by Gasteiger charge is -2.33. The Labute approximate surface area is 134 Å². The molecule has 0 spiro atoms. The molecule has 0 radical (unpaired) electrons. The number of urea groups is 1. The number of carbonyl (C=O) groups is 2. The lowest BCUT2D eigenvalue weighted by molar-refractivity contribution is 0.0916. The molecule has 1 aliphatic heterocycles. The highest BCUT2D eigenvalue weighted by Crippen LogP contribution is 2.11. The second kappa shape index (κ2) is 8.33. The van der Waals surface area contributed by atoms with Crippen molar-refractivity contribution in [2.24, 2.45) is 0 Å². The van der Waals surface area contributed by atoms with Crippen LogP contribution in [0.15, 0.2) is 24.3 Å².